The van der Waals surface area contributed by atoms with Crippen molar-refractivity contribution in [2.24, 2.45) is 0 Å². The minimum absolute atomic E-state index is 0.0470. The van der Waals surface area contributed by atoms with Gasteiger partial charge in [-0.3, -0.25) is 14.7 Å². The average molecular weight is 288 g/mol. The maximum atomic E-state index is 12.3. The van der Waals surface area contributed by atoms with E-state index in [1.54, 1.807) is 13.8 Å². The van der Waals surface area contributed by atoms with Gasteiger partial charge in [0.25, 0.3) is 11.5 Å². The molecule has 2 aromatic rings. The molecule has 1 saturated carbocycles. The van der Waals surface area contributed by atoms with Crippen LogP contribution in [-0.2, 0) is 0 Å². The Balaban J connectivity index is 1.83. The van der Waals surface area contributed by atoms with Gasteiger partial charge in [0.2, 0.25) is 0 Å². The minimum atomic E-state index is -0.465. The van der Waals surface area contributed by atoms with Crippen LogP contribution in [0.15, 0.2) is 11.1 Å². The molecule has 0 spiro atoms. The fourth-order valence-electron chi connectivity index (χ4n) is 2.19. The number of rotatable bonds is 4. The number of nitrogens with one attached hydrogen (secondary N) is 3. The van der Waals surface area contributed by atoms with E-state index in [2.05, 4.69) is 30.5 Å². The second-order valence-electron chi connectivity index (χ2n) is 5.25. The molecule has 1 amide bonds. The SMILES string of the molecule is Cc1nc(C2CC2)[nH]c(=O)c1C(=O)NC(C)c1ncn[nH]1. The third kappa shape index (κ3) is 2.69. The second kappa shape index (κ2) is 5.12. The summed E-state index contributed by atoms with van der Waals surface area (Å²) in [5.74, 6) is 1.08. The summed E-state index contributed by atoms with van der Waals surface area (Å²) in [6.07, 6.45) is 3.44. The molecule has 2 heterocycles. The molecule has 1 unspecified atom stereocenters. The fourth-order valence-corrected chi connectivity index (χ4v) is 2.19. The van der Waals surface area contributed by atoms with Crippen LogP contribution in [0.1, 0.15) is 59.4 Å². The molecule has 1 fully saturated rings. The van der Waals surface area contributed by atoms with Crippen molar-refractivity contribution in [2.75, 3.05) is 0 Å². The largest absolute Gasteiger partial charge is 0.342 e. The number of aromatic nitrogens is 5. The molecule has 21 heavy (non-hydrogen) atoms. The smallest absolute Gasteiger partial charge is 0.264 e. The maximum Gasteiger partial charge on any atom is 0.264 e. The van der Waals surface area contributed by atoms with Gasteiger partial charge < -0.3 is 10.3 Å². The zero-order valence-corrected chi connectivity index (χ0v) is 11.8. The highest BCUT2D eigenvalue weighted by molar-refractivity contribution is 5.95. The molecule has 0 aliphatic heterocycles. The molecule has 1 atom stereocenters. The first-order chi connectivity index (χ1) is 10.1. The molecule has 0 radical (unpaired) electrons. The fraction of sp³-hybridized carbons (Fsp3) is 0.462. The second-order valence-corrected chi connectivity index (χ2v) is 5.25. The van der Waals surface area contributed by atoms with E-state index in [1.165, 1.54) is 6.33 Å². The molecule has 0 bridgehead atoms. The lowest BCUT2D eigenvalue weighted by Crippen LogP contribution is -2.34. The lowest BCUT2D eigenvalue weighted by atomic mass is 10.2. The zero-order valence-electron chi connectivity index (χ0n) is 11.8. The van der Waals surface area contributed by atoms with Crippen LogP contribution in [0.2, 0.25) is 0 Å². The molecular weight excluding hydrogens is 272 g/mol. The number of carbonyl (C=O) groups is 1. The van der Waals surface area contributed by atoms with Gasteiger partial charge in [0, 0.05) is 5.92 Å². The number of H-pyrrole nitrogens is 2. The van der Waals surface area contributed by atoms with E-state index in [0.29, 0.717) is 23.3 Å². The van der Waals surface area contributed by atoms with Crippen LogP contribution in [0.4, 0.5) is 0 Å². The summed E-state index contributed by atoms with van der Waals surface area (Å²) >= 11 is 0. The first kappa shape index (κ1) is 13.5. The Morgan fingerprint density at radius 1 is 1.48 bits per heavy atom. The first-order valence-corrected chi connectivity index (χ1v) is 6.83. The highest BCUT2D eigenvalue weighted by Gasteiger charge is 2.28. The van der Waals surface area contributed by atoms with Crippen LogP contribution in [0.5, 0.6) is 0 Å². The third-order valence-electron chi connectivity index (χ3n) is 3.50. The Kier molecular flexibility index (Phi) is 3.28. The molecule has 0 aromatic carbocycles. The summed E-state index contributed by atoms with van der Waals surface area (Å²) in [5.41, 5.74) is 0.0976. The summed E-state index contributed by atoms with van der Waals surface area (Å²) in [4.78, 5) is 35.4. The van der Waals surface area contributed by atoms with Gasteiger partial charge in [0.05, 0.1) is 11.7 Å². The van der Waals surface area contributed by atoms with Crippen molar-refractivity contribution < 1.29 is 4.79 Å². The maximum absolute atomic E-state index is 12.3. The topological polar surface area (TPSA) is 116 Å². The van der Waals surface area contributed by atoms with Gasteiger partial charge in [-0.05, 0) is 26.7 Å². The molecule has 110 valence electrons. The van der Waals surface area contributed by atoms with E-state index >= 15 is 0 Å². The molecule has 1 aliphatic carbocycles. The normalized spacial score (nSPS) is 15.7. The molecule has 8 nitrogen and oxygen atoms in total. The molecule has 3 rings (SSSR count). The quantitative estimate of drug-likeness (QED) is 0.760. The standard InChI is InChI=1S/C13H16N6O2/c1-6-9(13(21)18-11(16-6)8-3-4-8)12(20)17-7(2)10-14-5-15-19-10/h5,7-8H,3-4H2,1-2H3,(H,17,20)(H,14,15,19)(H,16,18,21). The average Bonchev–Trinajstić information content (AvgIpc) is 3.12. The van der Waals surface area contributed by atoms with E-state index in [4.69, 9.17) is 0 Å². The van der Waals surface area contributed by atoms with Crippen molar-refractivity contribution in [3.8, 4) is 0 Å². The molecule has 0 saturated heterocycles. The monoisotopic (exact) mass is 288 g/mol. The number of aryl methyl sites for hydroxylation is 1. The van der Waals surface area contributed by atoms with Gasteiger partial charge in [-0.25, -0.2) is 9.97 Å². The summed E-state index contributed by atoms with van der Waals surface area (Å²) in [7, 11) is 0. The van der Waals surface area contributed by atoms with Gasteiger partial charge in [-0.1, -0.05) is 0 Å². The zero-order chi connectivity index (χ0) is 15.0. The van der Waals surface area contributed by atoms with Crippen LogP contribution < -0.4 is 10.9 Å². The van der Waals surface area contributed by atoms with Crippen LogP contribution in [0.3, 0.4) is 0 Å². The van der Waals surface area contributed by atoms with Crippen LogP contribution in [-0.4, -0.2) is 31.1 Å². The van der Waals surface area contributed by atoms with Crippen LogP contribution in [0.25, 0.3) is 0 Å². The van der Waals surface area contributed by atoms with Crippen molar-refractivity contribution in [3.63, 3.8) is 0 Å². The predicted molar refractivity (Wildman–Crippen MR) is 73.8 cm³/mol. The molecular formula is C13H16N6O2. The van der Waals surface area contributed by atoms with E-state index in [1.807, 2.05) is 0 Å². The van der Waals surface area contributed by atoms with Gasteiger partial charge in [-0.2, -0.15) is 5.10 Å². The Bertz CT molecular complexity index is 717. The van der Waals surface area contributed by atoms with Crippen molar-refractivity contribution in [2.45, 2.75) is 38.6 Å². The summed E-state index contributed by atoms with van der Waals surface area (Å²) in [5, 5.41) is 9.12. The highest BCUT2D eigenvalue weighted by Crippen LogP contribution is 2.37. The van der Waals surface area contributed by atoms with Crippen molar-refractivity contribution in [1.29, 1.82) is 0 Å². The number of carbonyl (C=O) groups excluding carboxylic acids is 1. The summed E-state index contributed by atoms with van der Waals surface area (Å²) in [6.45, 7) is 3.43. The summed E-state index contributed by atoms with van der Waals surface area (Å²) in [6, 6.07) is -0.373. The Morgan fingerprint density at radius 3 is 2.81 bits per heavy atom. The van der Waals surface area contributed by atoms with Gasteiger partial charge in [0.1, 0.15) is 23.5 Å². The number of hydrogen-bond acceptors (Lipinski definition) is 5. The number of aromatic amines is 2. The van der Waals surface area contributed by atoms with Gasteiger partial charge in [0.15, 0.2) is 0 Å². The van der Waals surface area contributed by atoms with Crippen molar-refractivity contribution >= 4 is 5.91 Å². The molecule has 1 aliphatic rings. The molecule has 3 N–H and O–H groups in total. The Hall–Kier alpha value is -2.51. The van der Waals surface area contributed by atoms with E-state index in [0.717, 1.165) is 12.8 Å². The number of nitrogens with zero attached hydrogens (tertiary/aromatic N) is 3. The van der Waals surface area contributed by atoms with Gasteiger partial charge in [-0.15, -0.1) is 0 Å². The lowest BCUT2D eigenvalue weighted by Gasteiger charge is -2.12. The third-order valence-corrected chi connectivity index (χ3v) is 3.50. The highest BCUT2D eigenvalue weighted by atomic mass is 16.2. The van der Waals surface area contributed by atoms with Crippen molar-refractivity contribution in [3.05, 3.63) is 39.6 Å². The number of amides is 1. The van der Waals surface area contributed by atoms with Crippen LogP contribution >= 0.6 is 0 Å². The van der Waals surface area contributed by atoms with E-state index < -0.39 is 11.5 Å². The lowest BCUT2D eigenvalue weighted by molar-refractivity contribution is 0.0935. The van der Waals surface area contributed by atoms with E-state index in [9.17, 15) is 9.59 Å². The van der Waals surface area contributed by atoms with Gasteiger partial charge >= 0.3 is 0 Å². The minimum Gasteiger partial charge on any atom is -0.342 e. The first-order valence-electron chi connectivity index (χ1n) is 6.83. The number of hydrogen-bond donors (Lipinski definition) is 3. The van der Waals surface area contributed by atoms with Crippen molar-refractivity contribution in [1.82, 2.24) is 30.5 Å². The molecule has 2 aromatic heterocycles. The Morgan fingerprint density at radius 2 is 2.24 bits per heavy atom. The van der Waals surface area contributed by atoms with Crippen LogP contribution in [0, 0.1) is 6.92 Å². The Labute approximate surface area is 120 Å². The van der Waals surface area contributed by atoms with E-state index in [-0.39, 0.29) is 11.6 Å². The summed E-state index contributed by atoms with van der Waals surface area (Å²) < 4.78 is 0. The predicted octanol–water partition coefficient (Wildman–Crippen LogP) is 0.565. The molecule has 8 heteroatoms.